The lowest BCUT2D eigenvalue weighted by molar-refractivity contribution is -0.140. The Labute approximate surface area is 137 Å². The van der Waals surface area contributed by atoms with Gasteiger partial charge in [0, 0.05) is 6.54 Å². The highest BCUT2D eigenvalue weighted by molar-refractivity contribution is 7.89. The number of hydrogen-bond donors (Lipinski definition) is 1. The molecular formula is C16H23NO5S. The highest BCUT2D eigenvalue weighted by Crippen LogP contribution is 2.27. The number of aliphatic carboxylic acids is 1. The van der Waals surface area contributed by atoms with Crippen LogP contribution in [0.25, 0.3) is 0 Å². The lowest BCUT2D eigenvalue weighted by atomic mass is 10.2. The molecule has 2 rings (SSSR count). The number of rotatable bonds is 8. The maximum absolute atomic E-state index is 12.6. The second-order valence-electron chi connectivity index (χ2n) is 5.64. The number of ether oxygens (including phenoxy) is 1. The van der Waals surface area contributed by atoms with E-state index in [9.17, 15) is 13.2 Å². The summed E-state index contributed by atoms with van der Waals surface area (Å²) in [6.07, 6.45) is 4.09. The van der Waals surface area contributed by atoms with Crippen LogP contribution >= 0.6 is 0 Å². The summed E-state index contributed by atoms with van der Waals surface area (Å²) in [5, 5.41) is 9.15. The fourth-order valence-corrected chi connectivity index (χ4v) is 4.31. The molecule has 7 heteroatoms. The van der Waals surface area contributed by atoms with Gasteiger partial charge in [-0.05, 0) is 43.5 Å². The quantitative estimate of drug-likeness (QED) is 0.735. The Morgan fingerprint density at radius 2 is 2.00 bits per heavy atom. The van der Waals surface area contributed by atoms with Gasteiger partial charge in [0.2, 0.25) is 10.0 Å². The highest BCUT2D eigenvalue weighted by Gasteiger charge is 2.39. The van der Waals surface area contributed by atoms with Gasteiger partial charge >= 0.3 is 5.97 Å². The Morgan fingerprint density at radius 1 is 1.30 bits per heavy atom. The Kier molecular flexibility index (Phi) is 6.01. The molecule has 0 radical (unpaired) electrons. The van der Waals surface area contributed by atoms with Crippen LogP contribution in [-0.2, 0) is 14.8 Å². The predicted molar refractivity (Wildman–Crippen MR) is 86.0 cm³/mol. The molecule has 0 aromatic heterocycles. The zero-order valence-corrected chi connectivity index (χ0v) is 14.1. The Hall–Kier alpha value is -1.60. The molecule has 1 aromatic rings. The molecule has 1 saturated heterocycles. The molecule has 1 fully saturated rings. The normalized spacial score (nSPS) is 18.9. The lowest BCUT2D eigenvalue weighted by Gasteiger charge is -2.21. The second-order valence-corrected chi connectivity index (χ2v) is 7.53. The van der Waals surface area contributed by atoms with Crippen LogP contribution in [0, 0.1) is 0 Å². The van der Waals surface area contributed by atoms with Gasteiger partial charge in [0.1, 0.15) is 11.8 Å². The van der Waals surface area contributed by atoms with Crippen molar-refractivity contribution in [2.75, 3.05) is 13.2 Å². The SMILES string of the molecule is CCCCCOc1ccc(S(=O)(=O)N2CCC[C@H]2C(=O)O)cc1. The zero-order valence-electron chi connectivity index (χ0n) is 13.3. The minimum atomic E-state index is -3.78. The average Bonchev–Trinajstić information content (AvgIpc) is 3.03. The minimum Gasteiger partial charge on any atom is -0.494 e. The molecule has 0 spiro atoms. The van der Waals surface area contributed by atoms with Crippen molar-refractivity contribution in [3.8, 4) is 5.75 Å². The first-order chi connectivity index (χ1) is 11.0. The molecule has 23 heavy (non-hydrogen) atoms. The van der Waals surface area contributed by atoms with Crippen molar-refractivity contribution in [1.82, 2.24) is 4.31 Å². The van der Waals surface area contributed by atoms with Gasteiger partial charge in [0.15, 0.2) is 0 Å². The lowest BCUT2D eigenvalue weighted by Crippen LogP contribution is -2.40. The Balaban J connectivity index is 2.07. The van der Waals surface area contributed by atoms with E-state index in [0.717, 1.165) is 23.6 Å². The maximum Gasteiger partial charge on any atom is 0.322 e. The van der Waals surface area contributed by atoms with E-state index in [1.165, 1.54) is 12.1 Å². The van der Waals surface area contributed by atoms with E-state index < -0.39 is 22.0 Å². The summed E-state index contributed by atoms with van der Waals surface area (Å²) >= 11 is 0. The summed E-state index contributed by atoms with van der Waals surface area (Å²) < 4.78 is 31.8. The highest BCUT2D eigenvalue weighted by atomic mass is 32.2. The topological polar surface area (TPSA) is 83.9 Å². The average molecular weight is 341 g/mol. The van der Waals surface area contributed by atoms with Gasteiger partial charge in [-0.2, -0.15) is 4.31 Å². The van der Waals surface area contributed by atoms with Crippen molar-refractivity contribution in [2.24, 2.45) is 0 Å². The number of hydrogen-bond acceptors (Lipinski definition) is 4. The van der Waals surface area contributed by atoms with Crippen molar-refractivity contribution in [1.29, 1.82) is 0 Å². The van der Waals surface area contributed by atoms with Crippen LogP contribution in [0.15, 0.2) is 29.2 Å². The van der Waals surface area contributed by atoms with Gasteiger partial charge in [-0.15, -0.1) is 0 Å². The number of carboxylic acid groups (broad SMARTS) is 1. The minimum absolute atomic E-state index is 0.103. The molecular weight excluding hydrogens is 318 g/mol. The monoisotopic (exact) mass is 341 g/mol. The van der Waals surface area contributed by atoms with Crippen LogP contribution in [0.3, 0.4) is 0 Å². The second kappa shape index (κ2) is 7.79. The van der Waals surface area contributed by atoms with Gasteiger partial charge in [0.05, 0.1) is 11.5 Å². The third-order valence-corrected chi connectivity index (χ3v) is 5.86. The van der Waals surface area contributed by atoms with Gasteiger partial charge in [0.25, 0.3) is 0 Å². The van der Waals surface area contributed by atoms with Crippen molar-refractivity contribution in [2.45, 2.75) is 50.0 Å². The molecule has 1 heterocycles. The molecule has 0 saturated carbocycles. The predicted octanol–water partition coefficient (Wildman–Crippen LogP) is 2.49. The number of benzene rings is 1. The standard InChI is InChI=1S/C16H23NO5S/c1-2-3-4-12-22-13-7-9-14(10-8-13)23(20,21)17-11-5-6-15(17)16(18)19/h7-10,15H,2-6,11-12H2,1H3,(H,18,19)/t15-/m0/s1. The van der Waals surface area contributed by atoms with Crippen LogP contribution in [0.2, 0.25) is 0 Å². The van der Waals surface area contributed by atoms with Crippen LogP contribution in [0.5, 0.6) is 5.75 Å². The Morgan fingerprint density at radius 3 is 2.61 bits per heavy atom. The molecule has 1 atom stereocenters. The largest absolute Gasteiger partial charge is 0.494 e. The van der Waals surface area contributed by atoms with Crippen molar-refractivity contribution in [3.05, 3.63) is 24.3 Å². The van der Waals surface area contributed by atoms with Gasteiger partial charge in [-0.25, -0.2) is 8.42 Å². The van der Waals surface area contributed by atoms with E-state index in [2.05, 4.69) is 6.92 Å². The van der Waals surface area contributed by atoms with Crippen LogP contribution in [0.1, 0.15) is 39.0 Å². The van der Waals surface area contributed by atoms with Crippen LogP contribution < -0.4 is 4.74 Å². The third-order valence-electron chi connectivity index (χ3n) is 3.94. The van der Waals surface area contributed by atoms with E-state index in [4.69, 9.17) is 9.84 Å². The molecule has 1 aliphatic heterocycles. The first-order valence-corrected chi connectivity index (χ1v) is 9.38. The molecule has 0 unspecified atom stereocenters. The molecule has 1 N–H and O–H groups in total. The van der Waals surface area contributed by atoms with Crippen molar-refractivity contribution in [3.63, 3.8) is 0 Å². The van der Waals surface area contributed by atoms with Crippen molar-refractivity contribution < 1.29 is 23.1 Å². The fourth-order valence-electron chi connectivity index (χ4n) is 2.66. The summed E-state index contributed by atoms with van der Waals surface area (Å²) in [7, 11) is -3.78. The number of carboxylic acids is 1. The molecule has 0 amide bonds. The van der Waals surface area contributed by atoms with Gasteiger partial charge in [-0.1, -0.05) is 19.8 Å². The molecule has 1 aromatic carbocycles. The van der Waals surface area contributed by atoms with Crippen LogP contribution in [0.4, 0.5) is 0 Å². The zero-order chi connectivity index (χ0) is 16.9. The molecule has 128 valence electrons. The summed E-state index contributed by atoms with van der Waals surface area (Å²) in [6.45, 7) is 2.96. The third kappa shape index (κ3) is 4.23. The molecule has 6 nitrogen and oxygen atoms in total. The number of carbonyl (C=O) groups is 1. The van der Waals surface area contributed by atoms with Crippen molar-refractivity contribution >= 4 is 16.0 Å². The summed E-state index contributed by atoms with van der Waals surface area (Å²) in [5.41, 5.74) is 0. The van der Waals surface area contributed by atoms with E-state index in [-0.39, 0.29) is 11.4 Å². The summed E-state index contributed by atoms with van der Waals surface area (Å²) in [5.74, 6) is -0.474. The molecule has 0 aliphatic carbocycles. The Bertz CT molecular complexity index is 626. The summed E-state index contributed by atoms with van der Waals surface area (Å²) in [6, 6.07) is 5.21. The number of nitrogens with zero attached hydrogens (tertiary/aromatic N) is 1. The molecule has 0 bridgehead atoms. The van der Waals surface area contributed by atoms with E-state index in [1.54, 1.807) is 12.1 Å². The smallest absolute Gasteiger partial charge is 0.322 e. The maximum atomic E-state index is 12.6. The first kappa shape index (κ1) is 17.7. The first-order valence-electron chi connectivity index (χ1n) is 7.94. The van der Waals surface area contributed by atoms with E-state index in [0.29, 0.717) is 25.2 Å². The number of unbranched alkanes of at least 4 members (excludes halogenated alkanes) is 2. The van der Waals surface area contributed by atoms with Gasteiger partial charge < -0.3 is 9.84 Å². The number of sulfonamides is 1. The van der Waals surface area contributed by atoms with E-state index in [1.807, 2.05) is 0 Å². The van der Waals surface area contributed by atoms with Crippen LogP contribution in [-0.4, -0.2) is 43.0 Å². The van der Waals surface area contributed by atoms with E-state index >= 15 is 0 Å². The van der Waals surface area contributed by atoms with Gasteiger partial charge in [-0.3, -0.25) is 4.79 Å². The molecule has 1 aliphatic rings. The summed E-state index contributed by atoms with van der Waals surface area (Å²) in [4.78, 5) is 11.3. The fraction of sp³-hybridized carbons (Fsp3) is 0.562.